The summed E-state index contributed by atoms with van der Waals surface area (Å²) in [4.78, 5) is 0. The van der Waals surface area contributed by atoms with Gasteiger partial charge in [0, 0.05) is 0 Å². The summed E-state index contributed by atoms with van der Waals surface area (Å²) in [5, 5.41) is 0.246. The number of hydrogen-bond acceptors (Lipinski definition) is 0. The molecule has 3 fully saturated rings. The highest BCUT2D eigenvalue weighted by Gasteiger charge is 2.44. The first-order chi connectivity index (χ1) is 12.7. The fourth-order valence-corrected chi connectivity index (χ4v) is 6.69. The summed E-state index contributed by atoms with van der Waals surface area (Å²) >= 11 is 5.87. The van der Waals surface area contributed by atoms with E-state index in [0.29, 0.717) is 5.92 Å². The van der Waals surface area contributed by atoms with E-state index in [1.807, 2.05) is 6.07 Å². The first kappa shape index (κ1) is 18.5. The molecule has 1 unspecified atom stereocenters. The van der Waals surface area contributed by atoms with E-state index in [0.717, 1.165) is 29.6 Å². The number of benzene rings is 1. The van der Waals surface area contributed by atoms with E-state index in [1.54, 1.807) is 12.1 Å². The maximum Gasteiger partial charge on any atom is 0.142 e. The summed E-state index contributed by atoms with van der Waals surface area (Å²) in [6.45, 7) is 3.89. The van der Waals surface area contributed by atoms with Gasteiger partial charge in [0.2, 0.25) is 0 Å². The Morgan fingerprint density at radius 2 is 1.73 bits per heavy atom. The molecule has 0 spiro atoms. The zero-order chi connectivity index (χ0) is 18.1. The van der Waals surface area contributed by atoms with Gasteiger partial charge in [-0.3, -0.25) is 0 Å². The summed E-state index contributed by atoms with van der Waals surface area (Å²) in [7, 11) is 0. The van der Waals surface area contributed by atoms with Crippen LogP contribution < -0.4 is 0 Å². The maximum absolute atomic E-state index is 13.9. The van der Waals surface area contributed by atoms with Gasteiger partial charge in [-0.05, 0) is 111 Å². The molecular formula is C24H32ClF. The highest BCUT2D eigenvalue weighted by Crippen LogP contribution is 2.55. The molecule has 2 heteroatoms. The number of rotatable bonds is 4. The van der Waals surface area contributed by atoms with Crippen LogP contribution >= 0.6 is 11.6 Å². The van der Waals surface area contributed by atoms with Crippen molar-refractivity contribution in [3.63, 3.8) is 0 Å². The minimum absolute atomic E-state index is 0.246. The van der Waals surface area contributed by atoms with Gasteiger partial charge in [-0.25, -0.2) is 4.39 Å². The zero-order valence-corrected chi connectivity index (χ0v) is 16.6. The van der Waals surface area contributed by atoms with Gasteiger partial charge in [0.25, 0.3) is 0 Å². The van der Waals surface area contributed by atoms with Crippen molar-refractivity contribution in [3.05, 3.63) is 47.3 Å². The third-order valence-electron chi connectivity index (χ3n) is 7.84. The van der Waals surface area contributed by atoms with Gasteiger partial charge in [-0.15, -0.1) is 6.58 Å². The van der Waals surface area contributed by atoms with Crippen molar-refractivity contribution in [3.8, 4) is 0 Å². The lowest BCUT2D eigenvalue weighted by Crippen LogP contribution is -2.41. The molecule has 3 saturated carbocycles. The van der Waals surface area contributed by atoms with Crippen molar-refractivity contribution in [1.82, 2.24) is 0 Å². The molecule has 0 N–H and O–H groups in total. The largest absolute Gasteiger partial charge is 0.205 e. The van der Waals surface area contributed by atoms with E-state index in [9.17, 15) is 4.39 Å². The van der Waals surface area contributed by atoms with Gasteiger partial charge in [-0.2, -0.15) is 0 Å². The number of hydrogen-bond donors (Lipinski definition) is 0. The SMILES string of the molecule is C=CCC[C@@H]1CC[C@H]2[C@H](CC[C@H]3CC(c4ccc(Cl)c(F)c4)CC[C@@H]32)C1. The van der Waals surface area contributed by atoms with Crippen molar-refractivity contribution in [2.75, 3.05) is 0 Å². The molecule has 0 amide bonds. The molecule has 1 aromatic rings. The van der Waals surface area contributed by atoms with Crippen LogP contribution in [0.4, 0.5) is 4.39 Å². The van der Waals surface area contributed by atoms with Crippen LogP contribution in [-0.2, 0) is 0 Å². The lowest BCUT2D eigenvalue weighted by atomic mass is 9.55. The minimum Gasteiger partial charge on any atom is -0.205 e. The Bertz CT molecular complexity index is 639. The molecule has 3 aliphatic carbocycles. The van der Waals surface area contributed by atoms with Crippen LogP contribution in [0.2, 0.25) is 5.02 Å². The molecule has 1 aromatic carbocycles. The van der Waals surface area contributed by atoms with Gasteiger partial charge < -0.3 is 0 Å². The molecule has 0 saturated heterocycles. The molecule has 0 bridgehead atoms. The van der Waals surface area contributed by atoms with E-state index in [-0.39, 0.29) is 10.8 Å². The molecule has 142 valence electrons. The Balaban J connectivity index is 1.39. The Morgan fingerprint density at radius 3 is 2.46 bits per heavy atom. The Kier molecular flexibility index (Phi) is 5.74. The topological polar surface area (TPSA) is 0 Å². The van der Waals surface area contributed by atoms with Crippen molar-refractivity contribution in [1.29, 1.82) is 0 Å². The van der Waals surface area contributed by atoms with Gasteiger partial charge in [-0.1, -0.05) is 30.2 Å². The number of halogens is 2. The van der Waals surface area contributed by atoms with Crippen LogP contribution in [0.1, 0.15) is 75.7 Å². The molecule has 3 aliphatic rings. The third kappa shape index (κ3) is 3.75. The summed E-state index contributed by atoms with van der Waals surface area (Å²) in [5.74, 6) is 4.96. The van der Waals surface area contributed by atoms with Crippen LogP contribution in [-0.4, -0.2) is 0 Å². The lowest BCUT2D eigenvalue weighted by Gasteiger charge is -2.51. The standard InChI is InChI=1S/C24H32ClF/c1-2-3-4-16-5-10-21-19(13-16)6-7-20-14-17(8-11-22(20)21)18-9-12-23(25)24(26)15-18/h2,9,12,15-17,19-22H,1,3-8,10-11,13-14H2/t16-,17?,19-,20+,21+,22+/m1/s1. The monoisotopic (exact) mass is 374 g/mol. The Hall–Kier alpha value is -0.820. The molecule has 0 nitrogen and oxygen atoms in total. The van der Waals surface area contributed by atoms with E-state index in [1.165, 1.54) is 69.8 Å². The van der Waals surface area contributed by atoms with Gasteiger partial charge in [0.05, 0.1) is 5.02 Å². The number of fused-ring (bicyclic) bond motifs is 3. The Labute approximate surface area is 163 Å². The van der Waals surface area contributed by atoms with Gasteiger partial charge in [0.1, 0.15) is 5.82 Å². The van der Waals surface area contributed by atoms with E-state index >= 15 is 0 Å². The van der Waals surface area contributed by atoms with Crippen LogP contribution in [0.25, 0.3) is 0 Å². The average Bonchev–Trinajstić information content (AvgIpc) is 2.67. The van der Waals surface area contributed by atoms with Crippen LogP contribution in [0.3, 0.4) is 0 Å². The quantitative estimate of drug-likeness (QED) is 0.472. The third-order valence-corrected chi connectivity index (χ3v) is 8.15. The predicted octanol–water partition coefficient (Wildman–Crippen LogP) is 7.77. The van der Waals surface area contributed by atoms with Crippen LogP contribution in [0, 0.1) is 35.4 Å². The highest BCUT2D eigenvalue weighted by atomic mass is 35.5. The van der Waals surface area contributed by atoms with Crippen molar-refractivity contribution < 1.29 is 4.39 Å². The first-order valence-corrected chi connectivity index (χ1v) is 11.1. The van der Waals surface area contributed by atoms with Crippen LogP contribution in [0.5, 0.6) is 0 Å². The molecular weight excluding hydrogens is 343 g/mol. The highest BCUT2D eigenvalue weighted by molar-refractivity contribution is 6.30. The molecule has 26 heavy (non-hydrogen) atoms. The first-order valence-electron chi connectivity index (χ1n) is 10.7. The van der Waals surface area contributed by atoms with Crippen molar-refractivity contribution in [2.45, 2.75) is 70.1 Å². The summed E-state index contributed by atoms with van der Waals surface area (Å²) in [6, 6.07) is 5.47. The molecule has 4 rings (SSSR count). The second kappa shape index (κ2) is 8.05. The summed E-state index contributed by atoms with van der Waals surface area (Å²) < 4.78 is 13.9. The van der Waals surface area contributed by atoms with Gasteiger partial charge >= 0.3 is 0 Å². The molecule has 0 heterocycles. The normalized spacial score (nSPS) is 36.8. The fraction of sp³-hybridized carbons (Fsp3) is 0.667. The van der Waals surface area contributed by atoms with Crippen LogP contribution in [0.15, 0.2) is 30.9 Å². The summed E-state index contributed by atoms with van der Waals surface area (Å²) in [5.41, 5.74) is 1.17. The predicted molar refractivity (Wildman–Crippen MR) is 108 cm³/mol. The second-order valence-corrected chi connectivity index (χ2v) is 9.56. The average molecular weight is 375 g/mol. The molecule has 6 atom stereocenters. The van der Waals surface area contributed by atoms with E-state index < -0.39 is 0 Å². The Morgan fingerprint density at radius 1 is 1.00 bits per heavy atom. The van der Waals surface area contributed by atoms with E-state index in [4.69, 9.17) is 11.6 Å². The van der Waals surface area contributed by atoms with Crippen molar-refractivity contribution >= 4 is 11.6 Å². The fourth-order valence-electron chi connectivity index (χ4n) is 6.58. The van der Waals surface area contributed by atoms with E-state index in [2.05, 4.69) is 12.7 Å². The zero-order valence-electron chi connectivity index (χ0n) is 15.8. The minimum atomic E-state index is -0.257. The van der Waals surface area contributed by atoms with Crippen molar-refractivity contribution in [2.24, 2.45) is 29.6 Å². The molecule has 0 aliphatic heterocycles. The second-order valence-electron chi connectivity index (χ2n) is 9.15. The van der Waals surface area contributed by atoms with Gasteiger partial charge in [0.15, 0.2) is 0 Å². The smallest absolute Gasteiger partial charge is 0.142 e. The molecule has 0 radical (unpaired) electrons. The lowest BCUT2D eigenvalue weighted by molar-refractivity contribution is 0.00564. The molecule has 0 aromatic heterocycles. The number of allylic oxidation sites excluding steroid dienone is 1. The summed E-state index contributed by atoms with van der Waals surface area (Å²) in [6.07, 6.45) is 15.6. The maximum atomic E-state index is 13.9.